The van der Waals surface area contributed by atoms with Gasteiger partial charge in [-0.15, -0.1) is 0 Å². The van der Waals surface area contributed by atoms with Crippen LogP contribution < -0.4 is 4.90 Å². The van der Waals surface area contributed by atoms with Crippen LogP contribution in [0.25, 0.3) is 11.5 Å². The molecule has 106 valence electrons. The fourth-order valence-electron chi connectivity index (χ4n) is 2.58. The second-order valence-electron chi connectivity index (χ2n) is 5.25. The fraction of sp³-hybridized carbons (Fsp3) is 0.467. The Morgan fingerprint density at radius 1 is 1.15 bits per heavy atom. The summed E-state index contributed by atoms with van der Waals surface area (Å²) in [7, 11) is 0. The van der Waals surface area contributed by atoms with Gasteiger partial charge in [0.2, 0.25) is 0 Å². The molecule has 0 atom stereocenters. The number of aromatic hydroxyl groups is 1. The molecule has 20 heavy (non-hydrogen) atoms. The van der Waals surface area contributed by atoms with Crippen LogP contribution in [0.3, 0.4) is 0 Å². The van der Waals surface area contributed by atoms with Crippen molar-refractivity contribution >= 4 is 5.95 Å². The van der Waals surface area contributed by atoms with E-state index in [0.717, 1.165) is 24.2 Å². The Balaban J connectivity index is 1.87. The highest BCUT2D eigenvalue weighted by Gasteiger charge is 2.18. The molecule has 1 aromatic heterocycles. The number of hydrogen-bond acceptors (Lipinski definition) is 5. The topological polar surface area (TPSA) is 62.4 Å². The SMILES string of the molecule is Cc1c(O)cccc1-c1nc(N2CCCCCC2)no1. The summed E-state index contributed by atoms with van der Waals surface area (Å²) in [5.41, 5.74) is 1.55. The van der Waals surface area contributed by atoms with Gasteiger partial charge < -0.3 is 14.5 Å². The minimum Gasteiger partial charge on any atom is -0.508 e. The first-order valence-electron chi connectivity index (χ1n) is 7.13. The number of phenolic OH excluding ortho intramolecular Hbond substituents is 1. The number of aromatic nitrogens is 2. The van der Waals surface area contributed by atoms with Gasteiger partial charge in [0.05, 0.1) is 0 Å². The van der Waals surface area contributed by atoms with Crippen molar-refractivity contribution in [1.82, 2.24) is 10.1 Å². The summed E-state index contributed by atoms with van der Waals surface area (Å²) in [5, 5.41) is 13.8. The van der Waals surface area contributed by atoms with Crippen molar-refractivity contribution in [3.8, 4) is 17.2 Å². The number of anilines is 1. The van der Waals surface area contributed by atoms with E-state index in [1.807, 2.05) is 13.0 Å². The van der Waals surface area contributed by atoms with Crippen LogP contribution in [0.1, 0.15) is 31.2 Å². The van der Waals surface area contributed by atoms with Crippen molar-refractivity contribution in [3.63, 3.8) is 0 Å². The molecule has 1 aromatic carbocycles. The first-order chi connectivity index (χ1) is 9.75. The Bertz CT molecular complexity index is 587. The molecule has 0 saturated carbocycles. The monoisotopic (exact) mass is 273 g/mol. The van der Waals surface area contributed by atoms with Gasteiger partial charge in [0.1, 0.15) is 5.75 Å². The molecule has 5 heteroatoms. The minimum atomic E-state index is 0.247. The summed E-state index contributed by atoms with van der Waals surface area (Å²) in [6.45, 7) is 3.82. The highest BCUT2D eigenvalue weighted by molar-refractivity contribution is 5.62. The van der Waals surface area contributed by atoms with Gasteiger partial charge in [0.25, 0.3) is 11.8 Å². The van der Waals surface area contributed by atoms with Crippen molar-refractivity contribution in [2.24, 2.45) is 0 Å². The van der Waals surface area contributed by atoms with E-state index < -0.39 is 0 Å². The summed E-state index contributed by atoms with van der Waals surface area (Å²) < 4.78 is 5.37. The van der Waals surface area contributed by atoms with Crippen LogP contribution in [0.4, 0.5) is 5.95 Å². The van der Waals surface area contributed by atoms with Gasteiger partial charge in [-0.1, -0.05) is 18.9 Å². The van der Waals surface area contributed by atoms with Gasteiger partial charge >= 0.3 is 0 Å². The van der Waals surface area contributed by atoms with Crippen LogP contribution in [0.5, 0.6) is 5.75 Å². The molecule has 1 saturated heterocycles. The minimum absolute atomic E-state index is 0.247. The maximum absolute atomic E-state index is 9.75. The van der Waals surface area contributed by atoms with Gasteiger partial charge in [-0.25, -0.2) is 0 Å². The smallest absolute Gasteiger partial charge is 0.266 e. The number of benzene rings is 1. The van der Waals surface area contributed by atoms with E-state index in [1.54, 1.807) is 12.1 Å². The van der Waals surface area contributed by atoms with Gasteiger partial charge in [0.15, 0.2) is 0 Å². The molecule has 1 N–H and O–H groups in total. The summed E-state index contributed by atoms with van der Waals surface area (Å²) in [5.74, 6) is 1.37. The van der Waals surface area contributed by atoms with E-state index in [9.17, 15) is 5.11 Å². The van der Waals surface area contributed by atoms with E-state index in [2.05, 4.69) is 15.0 Å². The zero-order valence-corrected chi connectivity index (χ0v) is 11.7. The summed E-state index contributed by atoms with van der Waals surface area (Å²) in [4.78, 5) is 6.66. The second-order valence-corrected chi connectivity index (χ2v) is 5.25. The van der Waals surface area contributed by atoms with E-state index in [-0.39, 0.29) is 5.75 Å². The number of rotatable bonds is 2. The van der Waals surface area contributed by atoms with Crippen LogP contribution in [0, 0.1) is 6.92 Å². The molecular formula is C15H19N3O2. The molecule has 1 aliphatic heterocycles. The number of phenols is 1. The number of hydrogen-bond donors (Lipinski definition) is 1. The van der Waals surface area contributed by atoms with E-state index >= 15 is 0 Å². The molecule has 1 fully saturated rings. The summed E-state index contributed by atoms with van der Waals surface area (Å²) >= 11 is 0. The average molecular weight is 273 g/mol. The first-order valence-corrected chi connectivity index (χ1v) is 7.13. The predicted octanol–water partition coefficient (Wildman–Crippen LogP) is 3.13. The molecule has 0 amide bonds. The lowest BCUT2D eigenvalue weighted by atomic mass is 10.1. The molecule has 0 radical (unpaired) electrons. The van der Waals surface area contributed by atoms with Crippen molar-refractivity contribution in [1.29, 1.82) is 0 Å². The molecular weight excluding hydrogens is 254 g/mol. The van der Waals surface area contributed by atoms with Crippen molar-refractivity contribution in [3.05, 3.63) is 23.8 Å². The molecule has 0 aliphatic carbocycles. The lowest BCUT2D eigenvalue weighted by Crippen LogP contribution is -2.24. The van der Waals surface area contributed by atoms with Crippen LogP contribution in [0.15, 0.2) is 22.7 Å². The summed E-state index contributed by atoms with van der Waals surface area (Å²) in [6.07, 6.45) is 4.89. The molecule has 0 spiro atoms. The molecule has 5 nitrogen and oxygen atoms in total. The van der Waals surface area contributed by atoms with Crippen LogP contribution in [-0.4, -0.2) is 28.3 Å². The molecule has 2 aromatic rings. The van der Waals surface area contributed by atoms with Crippen LogP contribution >= 0.6 is 0 Å². The molecule has 3 rings (SSSR count). The maximum atomic E-state index is 9.75. The zero-order chi connectivity index (χ0) is 13.9. The van der Waals surface area contributed by atoms with Gasteiger partial charge in [-0.2, -0.15) is 4.98 Å². The van der Waals surface area contributed by atoms with Gasteiger partial charge in [0, 0.05) is 24.2 Å². The second kappa shape index (κ2) is 5.53. The fourth-order valence-corrected chi connectivity index (χ4v) is 2.58. The third-order valence-corrected chi connectivity index (χ3v) is 3.84. The lowest BCUT2D eigenvalue weighted by molar-refractivity contribution is 0.427. The Labute approximate surface area is 118 Å². The van der Waals surface area contributed by atoms with Gasteiger partial charge in [-0.3, -0.25) is 0 Å². The first kappa shape index (κ1) is 13.0. The van der Waals surface area contributed by atoms with Crippen molar-refractivity contribution in [2.45, 2.75) is 32.6 Å². The maximum Gasteiger partial charge on any atom is 0.266 e. The average Bonchev–Trinajstić information content (AvgIpc) is 2.77. The third kappa shape index (κ3) is 2.48. The lowest BCUT2D eigenvalue weighted by Gasteiger charge is -2.16. The highest BCUT2D eigenvalue weighted by atomic mass is 16.5. The van der Waals surface area contributed by atoms with E-state index in [1.165, 1.54) is 25.7 Å². The van der Waals surface area contributed by atoms with Crippen LogP contribution in [0.2, 0.25) is 0 Å². The largest absolute Gasteiger partial charge is 0.508 e. The third-order valence-electron chi connectivity index (χ3n) is 3.84. The van der Waals surface area contributed by atoms with E-state index in [0.29, 0.717) is 11.8 Å². The Morgan fingerprint density at radius 2 is 1.90 bits per heavy atom. The molecule has 0 unspecified atom stereocenters. The predicted molar refractivity (Wildman–Crippen MR) is 76.8 cm³/mol. The standard InChI is InChI=1S/C15H19N3O2/c1-11-12(7-6-8-13(11)19)14-16-15(17-20-14)18-9-4-2-3-5-10-18/h6-8,19H,2-5,9-10H2,1H3. The molecule has 0 bridgehead atoms. The Hall–Kier alpha value is -2.04. The Kier molecular flexibility index (Phi) is 3.58. The summed E-state index contributed by atoms with van der Waals surface area (Å²) in [6, 6.07) is 5.33. The van der Waals surface area contributed by atoms with Crippen molar-refractivity contribution in [2.75, 3.05) is 18.0 Å². The zero-order valence-electron chi connectivity index (χ0n) is 11.7. The van der Waals surface area contributed by atoms with E-state index in [4.69, 9.17) is 4.52 Å². The van der Waals surface area contributed by atoms with Crippen molar-refractivity contribution < 1.29 is 9.63 Å². The van der Waals surface area contributed by atoms with Gasteiger partial charge in [-0.05, 0) is 37.1 Å². The molecule has 2 heterocycles. The Morgan fingerprint density at radius 3 is 2.65 bits per heavy atom. The number of nitrogens with zero attached hydrogens (tertiary/aromatic N) is 3. The molecule has 1 aliphatic rings. The normalized spacial score (nSPS) is 16.1. The van der Waals surface area contributed by atoms with Crippen LogP contribution in [-0.2, 0) is 0 Å². The highest BCUT2D eigenvalue weighted by Crippen LogP contribution is 2.29. The quantitative estimate of drug-likeness (QED) is 0.910.